The van der Waals surface area contributed by atoms with Crippen LogP contribution < -0.4 is 5.32 Å². The van der Waals surface area contributed by atoms with Crippen molar-refractivity contribution in [3.05, 3.63) is 69.9 Å². The summed E-state index contributed by atoms with van der Waals surface area (Å²) >= 11 is 1.70. The molecular formula is C23H29NOS. The Morgan fingerprint density at radius 2 is 1.77 bits per heavy atom. The van der Waals surface area contributed by atoms with Gasteiger partial charge in [-0.05, 0) is 54.2 Å². The van der Waals surface area contributed by atoms with Crippen LogP contribution in [-0.2, 0) is 4.79 Å². The quantitative estimate of drug-likeness (QED) is 0.617. The topological polar surface area (TPSA) is 29.1 Å². The van der Waals surface area contributed by atoms with Crippen molar-refractivity contribution in [3.8, 4) is 0 Å². The van der Waals surface area contributed by atoms with E-state index in [1.165, 1.54) is 10.4 Å². The summed E-state index contributed by atoms with van der Waals surface area (Å²) in [5.41, 5.74) is 3.61. The molecule has 1 heterocycles. The Balaban J connectivity index is 1.83. The van der Waals surface area contributed by atoms with Crippen molar-refractivity contribution in [2.45, 2.75) is 52.0 Å². The third-order valence-corrected chi connectivity index (χ3v) is 6.47. The van der Waals surface area contributed by atoms with E-state index in [2.05, 4.69) is 68.4 Å². The Morgan fingerprint density at radius 3 is 2.35 bits per heavy atom. The minimum Gasteiger partial charge on any atom is -0.344 e. The normalized spacial score (nSPS) is 20.9. The van der Waals surface area contributed by atoms with Gasteiger partial charge in [-0.2, -0.15) is 0 Å². The predicted octanol–water partition coefficient (Wildman–Crippen LogP) is 6.07. The highest BCUT2D eigenvalue weighted by Crippen LogP contribution is 2.37. The van der Waals surface area contributed by atoms with Crippen LogP contribution in [0, 0.1) is 11.8 Å². The highest BCUT2D eigenvalue weighted by Gasteiger charge is 2.34. The van der Waals surface area contributed by atoms with Crippen LogP contribution in [0.1, 0.15) is 68.0 Å². The van der Waals surface area contributed by atoms with Crippen molar-refractivity contribution >= 4 is 17.2 Å². The van der Waals surface area contributed by atoms with Gasteiger partial charge in [-0.15, -0.1) is 11.3 Å². The van der Waals surface area contributed by atoms with Crippen LogP contribution in [0.15, 0.2) is 53.9 Å². The van der Waals surface area contributed by atoms with E-state index in [1.54, 1.807) is 11.3 Å². The van der Waals surface area contributed by atoms with Crippen molar-refractivity contribution in [1.82, 2.24) is 5.32 Å². The third kappa shape index (κ3) is 4.09. The first-order valence-electron chi connectivity index (χ1n) is 9.56. The Morgan fingerprint density at radius 1 is 1.12 bits per heavy atom. The maximum absolute atomic E-state index is 13.1. The average molecular weight is 368 g/mol. The van der Waals surface area contributed by atoms with E-state index >= 15 is 0 Å². The first-order chi connectivity index (χ1) is 12.5. The van der Waals surface area contributed by atoms with Crippen molar-refractivity contribution in [2.24, 2.45) is 11.8 Å². The number of amides is 1. The standard InChI is InChI=1S/C23H29NOS/c1-15(2)17-10-12-18(13-11-17)22(21-9-6-14-26-21)24-23(25)20-8-5-7-19(20)16(3)4/h6,9-15,19-20,22H,3,5,7-8H2,1-2,4H3,(H,24,25). The van der Waals surface area contributed by atoms with Crippen molar-refractivity contribution in [2.75, 3.05) is 0 Å². The number of hydrogen-bond acceptors (Lipinski definition) is 2. The van der Waals surface area contributed by atoms with Crippen LogP contribution in [0.3, 0.4) is 0 Å². The summed E-state index contributed by atoms with van der Waals surface area (Å²) in [5.74, 6) is 1.06. The van der Waals surface area contributed by atoms with Gasteiger partial charge in [-0.1, -0.05) is 62.8 Å². The van der Waals surface area contributed by atoms with Gasteiger partial charge < -0.3 is 5.32 Å². The van der Waals surface area contributed by atoms with Gasteiger partial charge in [0, 0.05) is 10.8 Å². The number of allylic oxidation sites excluding steroid dienone is 1. The lowest BCUT2D eigenvalue weighted by atomic mass is 9.89. The molecule has 1 amide bonds. The molecule has 3 atom stereocenters. The Bertz CT molecular complexity index is 745. The minimum atomic E-state index is -0.0740. The Hall–Kier alpha value is -1.87. The van der Waals surface area contributed by atoms with Crippen molar-refractivity contribution in [3.63, 3.8) is 0 Å². The summed E-state index contributed by atoms with van der Waals surface area (Å²) in [6.45, 7) is 10.6. The molecule has 138 valence electrons. The van der Waals surface area contributed by atoms with Gasteiger partial charge in [0.25, 0.3) is 0 Å². The SMILES string of the molecule is C=C(C)C1CCCC1C(=O)NC(c1ccc(C(C)C)cc1)c1cccs1. The van der Waals surface area contributed by atoms with Gasteiger partial charge in [0.2, 0.25) is 5.91 Å². The molecule has 0 radical (unpaired) electrons. The molecule has 1 saturated carbocycles. The van der Waals surface area contributed by atoms with E-state index in [0.717, 1.165) is 30.4 Å². The van der Waals surface area contributed by atoms with Gasteiger partial charge in [0.15, 0.2) is 0 Å². The largest absolute Gasteiger partial charge is 0.344 e. The number of thiophene rings is 1. The van der Waals surface area contributed by atoms with E-state index in [-0.39, 0.29) is 17.9 Å². The highest BCUT2D eigenvalue weighted by atomic mass is 32.1. The summed E-state index contributed by atoms with van der Waals surface area (Å²) < 4.78 is 0. The second kappa shape index (κ2) is 8.22. The molecule has 1 aromatic carbocycles. The Kier molecular flexibility index (Phi) is 5.98. The number of rotatable bonds is 6. The molecule has 2 aromatic rings. The molecule has 3 unspecified atom stereocenters. The average Bonchev–Trinajstić information content (AvgIpc) is 3.31. The summed E-state index contributed by atoms with van der Waals surface area (Å²) in [5, 5.41) is 5.41. The van der Waals surface area contributed by atoms with Crippen LogP contribution in [0.2, 0.25) is 0 Å². The highest BCUT2D eigenvalue weighted by molar-refractivity contribution is 7.10. The molecule has 3 rings (SSSR count). The molecule has 1 aromatic heterocycles. The van der Waals surface area contributed by atoms with Gasteiger partial charge in [-0.25, -0.2) is 0 Å². The number of nitrogens with one attached hydrogen (secondary N) is 1. The molecule has 1 aliphatic rings. The zero-order chi connectivity index (χ0) is 18.7. The molecule has 0 bridgehead atoms. The van der Waals surface area contributed by atoms with E-state index in [1.807, 2.05) is 6.07 Å². The fourth-order valence-electron chi connectivity index (χ4n) is 3.96. The maximum atomic E-state index is 13.1. The van der Waals surface area contributed by atoms with Gasteiger partial charge in [-0.3, -0.25) is 4.79 Å². The fourth-order valence-corrected chi connectivity index (χ4v) is 4.76. The number of benzene rings is 1. The van der Waals surface area contributed by atoms with Crippen LogP contribution >= 0.6 is 11.3 Å². The molecule has 0 aliphatic heterocycles. The molecule has 1 N–H and O–H groups in total. The number of carbonyl (C=O) groups is 1. The number of hydrogen-bond donors (Lipinski definition) is 1. The Labute approximate surface area is 161 Å². The van der Waals surface area contributed by atoms with Crippen LogP contribution in [-0.4, -0.2) is 5.91 Å². The van der Waals surface area contributed by atoms with Crippen LogP contribution in [0.4, 0.5) is 0 Å². The molecule has 0 saturated heterocycles. The lowest BCUT2D eigenvalue weighted by Gasteiger charge is -2.24. The molecule has 1 fully saturated rings. The van der Waals surface area contributed by atoms with Crippen molar-refractivity contribution < 1.29 is 4.79 Å². The summed E-state index contributed by atoms with van der Waals surface area (Å²) in [6.07, 6.45) is 3.16. The fraction of sp³-hybridized carbons (Fsp3) is 0.435. The molecule has 2 nitrogen and oxygen atoms in total. The molecule has 26 heavy (non-hydrogen) atoms. The van der Waals surface area contributed by atoms with E-state index in [4.69, 9.17) is 0 Å². The van der Waals surface area contributed by atoms with E-state index < -0.39 is 0 Å². The maximum Gasteiger partial charge on any atom is 0.224 e. The van der Waals surface area contributed by atoms with E-state index in [9.17, 15) is 4.79 Å². The monoisotopic (exact) mass is 367 g/mol. The molecule has 3 heteroatoms. The summed E-state index contributed by atoms with van der Waals surface area (Å²) in [4.78, 5) is 14.2. The first kappa shape index (κ1) is 18.9. The lowest BCUT2D eigenvalue weighted by molar-refractivity contribution is -0.126. The number of carbonyl (C=O) groups excluding carboxylic acids is 1. The third-order valence-electron chi connectivity index (χ3n) is 5.54. The van der Waals surface area contributed by atoms with Crippen molar-refractivity contribution in [1.29, 1.82) is 0 Å². The van der Waals surface area contributed by atoms with E-state index in [0.29, 0.717) is 11.8 Å². The molecular weight excluding hydrogens is 338 g/mol. The summed E-state index contributed by atoms with van der Waals surface area (Å²) in [6, 6.07) is 12.8. The predicted molar refractivity (Wildman–Crippen MR) is 110 cm³/mol. The lowest BCUT2D eigenvalue weighted by Crippen LogP contribution is -2.36. The zero-order valence-corrected chi connectivity index (χ0v) is 16.8. The molecule has 0 spiro atoms. The second-order valence-electron chi connectivity index (χ2n) is 7.77. The first-order valence-corrected chi connectivity index (χ1v) is 10.4. The van der Waals surface area contributed by atoms with Gasteiger partial charge in [0.1, 0.15) is 0 Å². The zero-order valence-electron chi connectivity index (χ0n) is 16.0. The smallest absolute Gasteiger partial charge is 0.224 e. The van der Waals surface area contributed by atoms with Crippen LogP contribution in [0.25, 0.3) is 0 Å². The summed E-state index contributed by atoms with van der Waals surface area (Å²) in [7, 11) is 0. The molecule has 1 aliphatic carbocycles. The second-order valence-corrected chi connectivity index (χ2v) is 8.75. The van der Waals surface area contributed by atoms with Gasteiger partial charge in [0.05, 0.1) is 6.04 Å². The van der Waals surface area contributed by atoms with Crippen LogP contribution in [0.5, 0.6) is 0 Å². The van der Waals surface area contributed by atoms with Gasteiger partial charge >= 0.3 is 0 Å². The minimum absolute atomic E-state index is 0.0601.